The molecule has 0 bridgehead atoms. The molecule has 1 aliphatic rings. The van der Waals surface area contributed by atoms with Gasteiger partial charge in [0.1, 0.15) is 11.4 Å². The van der Waals surface area contributed by atoms with Crippen LogP contribution < -0.4 is 22.0 Å². The maximum absolute atomic E-state index is 12.8. The summed E-state index contributed by atoms with van der Waals surface area (Å²) in [6.07, 6.45) is -4.84. The Morgan fingerprint density at radius 2 is 1.71 bits per heavy atom. The first-order valence-corrected chi connectivity index (χ1v) is 7.64. The quantitative estimate of drug-likeness (QED) is 0.605. The number of nitrogens with zero attached hydrogens (tertiary/aromatic N) is 1. The third kappa shape index (κ3) is 2.47. The van der Waals surface area contributed by atoms with Crippen molar-refractivity contribution >= 4 is 28.6 Å². The second-order valence-electron chi connectivity index (χ2n) is 5.93. The lowest BCUT2D eigenvalue weighted by Crippen LogP contribution is -2.24. The van der Waals surface area contributed by atoms with Crippen LogP contribution >= 0.6 is 0 Å². The van der Waals surface area contributed by atoms with Gasteiger partial charge in [-0.15, -0.1) is 0 Å². The number of halogens is 3. The molecule has 4 rings (SSSR count). The van der Waals surface area contributed by atoms with Crippen molar-refractivity contribution in [3.05, 3.63) is 67.8 Å². The maximum atomic E-state index is 12.8. The van der Waals surface area contributed by atoms with Gasteiger partial charge in [0, 0.05) is 12.1 Å². The van der Waals surface area contributed by atoms with Gasteiger partial charge in [-0.25, -0.2) is 0 Å². The van der Waals surface area contributed by atoms with Crippen molar-refractivity contribution in [2.24, 2.45) is 0 Å². The van der Waals surface area contributed by atoms with Crippen molar-refractivity contribution in [3.63, 3.8) is 0 Å². The number of aromatic nitrogens is 1. The lowest BCUT2D eigenvalue weighted by molar-refractivity contribution is -0.152. The second kappa shape index (κ2) is 5.55. The van der Waals surface area contributed by atoms with E-state index in [2.05, 4.69) is 0 Å². The third-order valence-electron chi connectivity index (χ3n) is 4.20. The summed E-state index contributed by atoms with van der Waals surface area (Å²) in [5, 5.41) is 1.78. The molecule has 2 amide bonds. The average molecular weight is 391 g/mol. The average Bonchev–Trinajstić information content (AvgIpc) is 2.88. The molecule has 2 aromatic heterocycles. The Morgan fingerprint density at radius 1 is 1.00 bits per heavy atom. The molecular weight excluding hydrogens is 383 g/mol. The Labute approximate surface area is 152 Å². The molecular formula is C17H8F3N3O5. The van der Waals surface area contributed by atoms with Crippen molar-refractivity contribution in [2.45, 2.75) is 6.18 Å². The van der Waals surface area contributed by atoms with Gasteiger partial charge in [-0.1, -0.05) is 0 Å². The number of hydrogen-bond acceptors (Lipinski definition) is 6. The highest BCUT2D eigenvalue weighted by Gasteiger charge is 2.35. The van der Waals surface area contributed by atoms with Crippen LogP contribution in [0.5, 0.6) is 0 Å². The Hall–Kier alpha value is -3.89. The standard InChI is InChI=1S/C17H8F3N3O5/c18-17(19,20)11-5-9(24)7-3-6(1-2-10(7)28-11)23-12(25)4-8-13(14(23)21)16(27)22-15(8)26/h1-5H,21H2,(H,22,26,27). The number of pyridine rings is 1. The first-order valence-electron chi connectivity index (χ1n) is 7.64. The lowest BCUT2D eigenvalue weighted by Gasteiger charge is -2.12. The fourth-order valence-electron chi connectivity index (χ4n) is 2.97. The minimum Gasteiger partial charge on any atom is -0.451 e. The number of hydrogen-bond donors (Lipinski definition) is 2. The third-order valence-corrected chi connectivity index (χ3v) is 4.20. The molecule has 0 saturated heterocycles. The Kier molecular flexibility index (Phi) is 3.47. The molecule has 0 unspecified atom stereocenters. The number of carbonyl (C=O) groups is 2. The number of nitrogen functional groups attached to an aromatic ring is 1. The highest BCUT2D eigenvalue weighted by molar-refractivity contribution is 6.23. The molecule has 142 valence electrons. The zero-order valence-corrected chi connectivity index (χ0v) is 13.6. The van der Waals surface area contributed by atoms with Gasteiger partial charge in [0.2, 0.25) is 5.76 Å². The fourth-order valence-corrected chi connectivity index (χ4v) is 2.97. The molecule has 1 aliphatic heterocycles. The number of fused-ring (bicyclic) bond motifs is 2. The summed E-state index contributed by atoms with van der Waals surface area (Å²) >= 11 is 0. The number of rotatable bonds is 1. The molecule has 0 spiro atoms. The minimum absolute atomic E-state index is 0.0111. The van der Waals surface area contributed by atoms with E-state index in [1.807, 2.05) is 5.32 Å². The molecule has 0 atom stereocenters. The number of alkyl halides is 3. The van der Waals surface area contributed by atoms with Gasteiger partial charge in [0.15, 0.2) is 5.43 Å². The summed E-state index contributed by atoms with van der Waals surface area (Å²) in [4.78, 5) is 48.1. The summed E-state index contributed by atoms with van der Waals surface area (Å²) in [6, 6.07) is 4.59. The van der Waals surface area contributed by atoms with E-state index in [9.17, 15) is 32.3 Å². The van der Waals surface area contributed by atoms with Crippen molar-refractivity contribution < 1.29 is 27.2 Å². The van der Waals surface area contributed by atoms with Crippen LogP contribution in [-0.4, -0.2) is 16.4 Å². The molecule has 3 aromatic rings. The summed E-state index contributed by atoms with van der Waals surface area (Å²) in [6.45, 7) is 0. The normalized spacial score (nSPS) is 13.7. The van der Waals surface area contributed by atoms with Gasteiger partial charge in [0.05, 0.1) is 22.2 Å². The molecule has 0 fully saturated rings. The van der Waals surface area contributed by atoms with Crippen LogP contribution in [0.1, 0.15) is 26.5 Å². The molecule has 28 heavy (non-hydrogen) atoms. The van der Waals surface area contributed by atoms with Crippen molar-refractivity contribution in [1.29, 1.82) is 0 Å². The molecule has 1 aromatic carbocycles. The van der Waals surface area contributed by atoms with Gasteiger partial charge < -0.3 is 10.2 Å². The lowest BCUT2D eigenvalue weighted by atomic mass is 10.1. The fraction of sp³-hybridized carbons (Fsp3) is 0.0588. The van der Waals surface area contributed by atoms with E-state index in [0.29, 0.717) is 6.07 Å². The summed E-state index contributed by atoms with van der Waals surface area (Å²) in [5.74, 6) is -3.36. The van der Waals surface area contributed by atoms with E-state index >= 15 is 0 Å². The highest BCUT2D eigenvalue weighted by Crippen LogP contribution is 2.31. The smallest absolute Gasteiger partial charge is 0.449 e. The van der Waals surface area contributed by atoms with Gasteiger partial charge in [0.25, 0.3) is 17.4 Å². The zero-order valence-electron chi connectivity index (χ0n) is 13.6. The molecule has 11 heteroatoms. The van der Waals surface area contributed by atoms with Gasteiger partial charge in [-0.05, 0) is 18.2 Å². The van der Waals surface area contributed by atoms with E-state index in [1.54, 1.807) is 0 Å². The van der Waals surface area contributed by atoms with Crippen LogP contribution in [0.4, 0.5) is 19.0 Å². The zero-order chi connectivity index (χ0) is 20.4. The van der Waals surface area contributed by atoms with Gasteiger partial charge in [-0.3, -0.25) is 29.1 Å². The van der Waals surface area contributed by atoms with Gasteiger partial charge >= 0.3 is 6.18 Å². The van der Waals surface area contributed by atoms with Crippen LogP contribution in [0, 0.1) is 0 Å². The number of nitrogens with one attached hydrogen (secondary N) is 1. The summed E-state index contributed by atoms with van der Waals surface area (Å²) in [5.41, 5.74) is 3.42. The van der Waals surface area contributed by atoms with E-state index in [4.69, 9.17) is 10.2 Å². The molecule has 0 saturated carbocycles. The van der Waals surface area contributed by atoms with E-state index in [1.165, 1.54) is 6.07 Å². The van der Waals surface area contributed by atoms with Crippen molar-refractivity contribution in [2.75, 3.05) is 5.73 Å². The second-order valence-corrected chi connectivity index (χ2v) is 5.93. The number of imide groups is 1. The first-order chi connectivity index (χ1) is 13.1. The van der Waals surface area contributed by atoms with Gasteiger partial charge in [-0.2, -0.15) is 13.2 Å². The van der Waals surface area contributed by atoms with Crippen molar-refractivity contribution in [1.82, 2.24) is 9.88 Å². The maximum Gasteiger partial charge on any atom is 0.449 e. The molecule has 8 nitrogen and oxygen atoms in total. The van der Waals surface area contributed by atoms with Crippen LogP contribution in [0.25, 0.3) is 16.7 Å². The van der Waals surface area contributed by atoms with Crippen LogP contribution in [0.15, 0.2) is 44.3 Å². The Morgan fingerprint density at radius 3 is 2.39 bits per heavy atom. The largest absolute Gasteiger partial charge is 0.451 e. The Bertz CT molecular complexity index is 1320. The van der Waals surface area contributed by atoms with E-state index in [-0.39, 0.29) is 33.6 Å². The Balaban J connectivity index is 1.97. The number of nitrogens with two attached hydrogens (primary N) is 1. The number of anilines is 1. The van der Waals surface area contributed by atoms with Crippen LogP contribution in [-0.2, 0) is 6.18 Å². The predicted octanol–water partition coefficient (Wildman–Crippen LogP) is 1.43. The van der Waals surface area contributed by atoms with Crippen LogP contribution in [0.2, 0.25) is 0 Å². The highest BCUT2D eigenvalue weighted by atomic mass is 19.4. The SMILES string of the molecule is Nc1c2c(cc(=O)n1-c1ccc3oc(C(F)(F)F)cc(=O)c3c1)C(=O)NC2=O. The minimum atomic E-state index is -4.84. The predicted molar refractivity (Wildman–Crippen MR) is 89.3 cm³/mol. The van der Waals surface area contributed by atoms with E-state index in [0.717, 1.165) is 22.8 Å². The first kappa shape index (κ1) is 17.5. The van der Waals surface area contributed by atoms with Crippen molar-refractivity contribution in [3.8, 4) is 5.69 Å². The molecule has 0 aliphatic carbocycles. The monoisotopic (exact) mass is 391 g/mol. The topological polar surface area (TPSA) is 124 Å². The molecule has 3 heterocycles. The number of carbonyl (C=O) groups excluding carboxylic acids is 2. The van der Waals surface area contributed by atoms with Crippen LogP contribution in [0.3, 0.4) is 0 Å². The molecule has 3 N–H and O–H groups in total. The number of benzene rings is 1. The molecule has 0 radical (unpaired) electrons. The van der Waals surface area contributed by atoms with E-state index < -0.39 is 34.7 Å². The number of amides is 2. The summed E-state index contributed by atoms with van der Waals surface area (Å²) < 4.78 is 43.9. The summed E-state index contributed by atoms with van der Waals surface area (Å²) in [7, 11) is 0.